The van der Waals surface area contributed by atoms with Crippen LogP contribution >= 0.6 is 15.9 Å². The molecule has 2 aromatic rings. The molecule has 0 radical (unpaired) electrons. The number of halogens is 1. The van der Waals surface area contributed by atoms with Crippen LogP contribution in [0.3, 0.4) is 0 Å². The van der Waals surface area contributed by atoms with E-state index in [0.29, 0.717) is 0 Å². The third-order valence-corrected chi connectivity index (χ3v) is 3.87. The van der Waals surface area contributed by atoms with E-state index < -0.39 is 0 Å². The van der Waals surface area contributed by atoms with Gasteiger partial charge in [-0.05, 0) is 30.7 Å². The zero-order valence-corrected chi connectivity index (χ0v) is 12.9. The number of nitrogens with zero attached hydrogens (tertiary/aromatic N) is 2. The average molecular weight is 324 g/mol. The van der Waals surface area contributed by atoms with E-state index in [0.717, 1.165) is 22.5 Å². The Bertz CT molecular complexity index is 553. The van der Waals surface area contributed by atoms with Gasteiger partial charge in [0.1, 0.15) is 5.75 Å². The number of rotatable bonds is 5. The number of hydrogen-bond acceptors (Lipinski definition) is 3. The standard InChI is InChI=1S/C14H18BrN3O/c1-10(16-9-11-6-7-17-18(11)2)13-5-4-12(19-3)8-14(13)15/h4-8,10,16H,9H2,1-3H3. The Balaban J connectivity index is 2.03. The topological polar surface area (TPSA) is 39.1 Å². The Hall–Kier alpha value is -1.33. The van der Waals surface area contributed by atoms with Gasteiger partial charge in [-0.2, -0.15) is 5.10 Å². The van der Waals surface area contributed by atoms with E-state index in [4.69, 9.17) is 4.74 Å². The number of ether oxygens (including phenoxy) is 1. The zero-order valence-electron chi connectivity index (χ0n) is 11.4. The lowest BCUT2D eigenvalue weighted by molar-refractivity contribution is 0.414. The van der Waals surface area contributed by atoms with E-state index in [1.54, 1.807) is 7.11 Å². The summed E-state index contributed by atoms with van der Waals surface area (Å²) < 4.78 is 8.13. The van der Waals surface area contributed by atoms with E-state index >= 15 is 0 Å². The first kappa shape index (κ1) is 14.1. The Morgan fingerprint density at radius 1 is 1.42 bits per heavy atom. The van der Waals surface area contributed by atoms with Crippen molar-refractivity contribution in [2.45, 2.75) is 19.5 Å². The molecule has 0 saturated carbocycles. The highest BCUT2D eigenvalue weighted by Crippen LogP contribution is 2.27. The summed E-state index contributed by atoms with van der Waals surface area (Å²) in [5, 5.41) is 7.65. The van der Waals surface area contributed by atoms with Crippen LogP contribution in [-0.4, -0.2) is 16.9 Å². The molecule has 0 spiro atoms. The Kier molecular flexibility index (Phi) is 4.61. The van der Waals surface area contributed by atoms with Crippen LogP contribution in [0.5, 0.6) is 5.75 Å². The molecule has 0 aliphatic carbocycles. The van der Waals surface area contributed by atoms with Crippen LogP contribution in [0.25, 0.3) is 0 Å². The van der Waals surface area contributed by atoms with Crippen LogP contribution in [0.2, 0.25) is 0 Å². The first-order valence-corrected chi connectivity index (χ1v) is 6.95. The molecular weight excluding hydrogens is 306 g/mol. The molecule has 0 amide bonds. The molecule has 0 aliphatic rings. The van der Waals surface area contributed by atoms with Crippen molar-refractivity contribution in [3.63, 3.8) is 0 Å². The molecule has 19 heavy (non-hydrogen) atoms. The van der Waals surface area contributed by atoms with Gasteiger partial charge in [0.15, 0.2) is 0 Å². The number of aryl methyl sites for hydroxylation is 1. The van der Waals surface area contributed by atoms with E-state index in [1.165, 1.54) is 5.56 Å². The Morgan fingerprint density at radius 2 is 2.21 bits per heavy atom. The number of aromatic nitrogens is 2. The molecule has 4 nitrogen and oxygen atoms in total. The minimum Gasteiger partial charge on any atom is -0.497 e. The van der Waals surface area contributed by atoms with Crippen LogP contribution in [-0.2, 0) is 13.6 Å². The van der Waals surface area contributed by atoms with Gasteiger partial charge in [-0.1, -0.05) is 22.0 Å². The third kappa shape index (κ3) is 3.36. The maximum Gasteiger partial charge on any atom is 0.120 e. The van der Waals surface area contributed by atoms with Gasteiger partial charge in [0.2, 0.25) is 0 Å². The second-order valence-corrected chi connectivity index (χ2v) is 5.29. The van der Waals surface area contributed by atoms with Crippen molar-refractivity contribution < 1.29 is 4.74 Å². The smallest absolute Gasteiger partial charge is 0.120 e. The second-order valence-electron chi connectivity index (χ2n) is 4.44. The summed E-state index contributed by atoms with van der Waals surface area (Å²) in [5.41, 5.74) is 2.37. The highest BCUT2D eigenvalue weighted by Gasteiger charge is 2.10. The summed E-state index contributed by atoms with van der Waals surface area (Å²) in [6, 6.07) is 8.29. The summed E-state index contributed by atoms with van der Waals surface area (Å²) in [5.74, 6) is 0.856. The number of nitrogens with one attached hydrogen (secondary N) is 1. The van der Waals surface area contributed by atoms with Gasteiger partial charge < -0.3 is 10.1 Å². The lowest BCUT2D eigenvalue weighted by atomic mass is 10.1. The summed E-state index contributed by atoms with van der Waals surface area (Å²) in [4.78, 5) is 0. The summed E-state index contributed by atoms with van der Waals surface area (Å²) in [7, 11) is 3.62. The fraction of sp³-hybridized carbons (Fsp3) is 0.357. The van der Waals surface area contributed by atoms with Crippen molar-refractivity contribution in [2.75, 3.05) is 7.11 Å². The Morgan fingerprint density at radius 3 is 2.79 bits per heavy atom. The van der Waals surface area contributed by atoms with Gasteiger partial charge in [0.25, 0.3) is 0 Å². The molecule has 2 rings (SSSR count). The van der Waals surface area contributed by atoms with Gasteiger partial charge in [-0.15, -0.1) is 0 Å². The van der Waals surface area contributed by atoms with Crippen LogP contribution in [0, 0.1) is 0 Å². The molecule has 0 bridgehead atoms. The van der Waals surface area contributed by atoms with Gasteiger partial charge in [0, 0.05) is 30.3 Å². The molecular formula is C14H18BrN3O. The predicted molar refractivity (Wildman–Crippen MR) is 79.2 cm³/mol. The second kappa shape index (κ2) is 6.21. The van der Waals surface area contributed by atoms with Gasteiger partial charge >= 0.3 is 0 Å². The molecule has 102 valence electrons. The van der Waals surface area contributed by atoms with Crippen molar-refractivity contribution >= 4 is 15.9 Å². The molecule has 0 aliphatic heterocycles. The normalized spacial score (nSPS) is 12.4. The maximum absolute atomic E-state index is 5.20. The van der Waals surface area contributed by atoms with E-state index in [-0.39, 0.29) is 6.04 Å². The summed E-state index contributed by atoms with van der Waals surface area (Å²) in [6.45, 7) is 2.93. The van der Waals surface area contributed by atoms with Crippen molar-refractivity contribution in [1.29, 1.82) is 0 Å². The predicted octanol–water partition coefficient (Wildman–Crippen LogP) is 3.04. The molecule has 1 heterocycles. The molecule has 1 aromatic heterocycles. The first-order valence-electron chi connectivity index (χ1n) is 6.15. The molecule has 0 saturated heterocycles. The quantitative estimate of drug-likeness (QED) is 0.919. The van der Waals surface area contributed by atoms with Crippen molar-refractivity contribution in [3.8, 4) is 5.75 Å². The van der Waals surface area contributed by atoms with Crippen LogP contribution in [0.4, 0.5) is 0 Å². The maximum atomic E-state index is 5.20. The van der Waals surface area contributed by atoms with Crippen LogP contribution in [0.15, 0.2) is 34.9 Å². The fourth-order valence-corrected chi connectivity index (χ4v) is 2.63. The highest BCUT2D eigenvalue weighted by molar-refractivity contribution is 9.10. The van der Waals surface area contributed by atoms with Crippen molar-refractivity contribution in [3.05, 3.63) is 46.2 Å². The van der Waals surface area contributed by atoms with Crippen LogP contribution < -0.4 is 10.1 Å². The fourth-order valence-electron chi connectivity index (χ4n) is 1.93. The largest absolute Gasteiger partial charge is 0.497 e. The Labute approximate surface area is 121 Å². The number of hydrogen-bond donors (Lipinski definition) is 1. The zero-order chi connectivity index (χ0) is 13.8. The highest BCUT2D eigenvalue weighted by atomic mass is 79.9. The summed E-state index contributed by atoms with van der Waals surface area (Å²) in [6.07, 6.45) is 1.81. The molecule has 0 fully saturated rings. The first-order chi connectivity index (χ1) is 9.11. The van der Waals surface area contributed by atoms with Gasteiger partial charge in [-0.3, -0.25) is 4.68 Å². The minimum absolute atomic E-state index is 0.246. The van der Waals surface area contributed by atoms with Crippen molar-refractivity contribution in [1.82, 2.24) is 15.1 Å². The monoisotopic (exact) mass is 323 g/mol. The van der Waals surface area contributed by atoms with E-state index in [1.807, 2.05) is 36.1 Å². The minimum atomic E-state index is 0.246. The average Bonchev–Trinajstić information content (AvgIpc) is 2.81. The summed E-state index contributed by atoms with van der Waals surface area (Å²) >= 11 is 3.58. The van der Waals surface area contributed by atoms with Crippen LogP contribution in [0.1, 0.15) is 24.2 Å². The van der Waals surface area contributed by atoms with E-state index in [2.05, 4.69) is 39.3 Å². The SMILES string of the molecule is COc1ccc(C(C)NCc2ccnn2C)c(Br)c1. The molecule has 1 unspecified atom stereocenters. The van der Waals surface area contributed by atoms with E-state index in [9.17, 15) is 0 Å². The lowest BCUT2D eigenvalue weighted by Gasteiger charge is -2.16. The van der Waals surface area contributed by atoms with Gasteiger partial charge in [-0.25, -0.2) is 0 Å². The molecule has 1 atom stereocenters. The molecule has 1 aromatic carbocycles. The molecule has 1 N–H and O–H groups in total. The number of methoxy groups -OCH3 is 1. The van der Waals surface area contributed by atoms with Crippen molar-refractivity contribution in [2.24, 2.45) is 7.05 Å². The van der Waals surface area contributed by atoms with Gasteiger partial charge in [0.05, 0.1) is 12.8 Å². The molecule has 5 heteroatoms. The third-order valence-electron chi connectivity index (χ3n) is 3.19. The number of benzene rings is 1. The lowest BCUT2D eigenvalue weighted by Crippen LogP contribution is -2.20.